The van der Waals surface area contributed by atoms with Gasteiger partial charge in [-0.1, -0.05) is 25.5 Å². The van der Waals surface area contributed by atoms with E-state index in [0.29, 0.717) is 18.8 Å². The third kappa shape index (κ3) is 2.14. The summed E-state index contributed by atoms with van der Waals surface area (Å²) in [6.45, 7) is 5.90. The third-order valence-electron chi connectivity index (χ3n) is 8.84. The van der Waals surface area contributed by atoms with Crippen molar-refractivity contribution in [2.24, 2.45) is 28.6 Å². The molecule has 0 bridgehead atoms. The highest BCUT2D eigenvalue weighted by Gasteiger charge is 2.66. The van der Waals surface area contributed by atoms with Crippen LogP contribution in [0.4, 0.5) is 0 Å². The van der Waals surface area contributed by atoms with E-state index in [2.05, 4.69) is 13.8 Å². The molecule has 4 nitrogen and oxygen atoms in total. The number of aliphatic hydroxyl groups is 3. The SMILES string of the molecule is CC(=O)[C@@]1(O)CC[C@H]2[C@@H]3[C@H](O)CC4=C[C@H](O)CC[C@]4(C)[C@H]3CC[C@@]21C. The van der Waals surface area contributed by atoms with E-state index in [1.165, 1.54) is 12.5 Å². The van der Waals surface area contributed by atoms with Gasteiger partial charge in [0, 0.05) is 5.41 Å². The summed E-state index contributed by atoms with van der Waals surface area (Å²) in [5.74, 6) is 0.598. The molecule has 140 valence electrons. The molecule has 3 fully saturated rings. The van der Waals surface area contributed by atoms with Crippen LogP contribution in [0.5, 0.6) is 0 Å². The van der Waals surface area contributed by atoms with Gasteiger partial charge in [0.2, 0.25) is 0 Å². The fourth-order valence-electron chi connectivity index (χ4n) is 7.27. The van der Waals surface area contributed by atoms with Crippen LogP contribution >= 0.6 is 0 Å². The van der Waals surface area contributed by atoms with Gasteiger partial charge in [0.15, 0.2) is 5.78 Å². The Morgan fingerprint density at radius 1 is 1.08 bits per heavy atom. The first-order valence-electron chi connectivity index (χ1n) is 9.94. The van der Waals surface area contributed by atoms with Crippen molar-refractivity contribution in [1.29, 1.82) is 0 Å². The first kappa shape index (κ1) is 17.7. The van der Waals surface area contributed by atoms with Crippen molar-refractivity contribution in [3.63, 3.8) is 0 Å². The van der Waals surface area contributed by atoms with Crippen LogP contribution in [-0.2, 0) is 4.79 Å². The van der Waals surface area contributed by atoms with E-state index in [1.54, 1.807) is 0 Å². The lowest BCUT2D eigenvalue weighted by atomic mass is 9.45. The molecular weight excluding hydrogens is 316 g/mol. The molecule has 25 heavy (non-hydrogen) atoms. The Labute approximate surface area is 150 Å². The van der Waals surface area contributed by atoms with Crippen LogP contribution in [0.3, 0.4) is 0 Å². The summed E-state index contributed by atoms with van der Waals surface area (Å²) in [5, 5.41) is 32.2. The average Bonchev–Trinajstić information content (AvgIpc) is 2.82. The summed E-state index contributed by atoms with van der Waals surface area (Å²) in [6.07, 6.45) is 6.68. The number of Topliss-reactive ketones (excluding diaryl/α,β-unsaturated/α-hetero) is 1. The monoisotopic (exact) mass is 348 g/mol. The Bertz CT molecular complexity index is 627. The molecule has 4 heteroatoms. The van der Waals surface area contributed by atoms with Crippen LogP contribution in [0, 0.1) is 28.6 Å². The predicted molar refractivity (Wildman–Crippen MR) is 94.7 cm³/mol. The molecule has 4 aliphatic rings. The topological polar surface area (TPSA) is 77.8 Å². The van der Waals surface area contributed by atoms with E-state index in [4.69, 9.17) is 0 Å². The zero-order chi connectivity index (χ0) is 18.2. The van der Waals surface area contributed by atoms with Gasteiger partial charge < -0.3 is 15.3 Å². The second-order valence-corrected chi connectivity index (χ2v) is 9.69. The van der Waals surface area contributed by atoms with Gasteiger partial charge in [0.25, 0.3) is 0 Å². The summed E-state index contributed by atoms with van der Waals surface area (Å²) >= 11 is 0. The molecule has 0 aliphatic heterocycles. The van der Waals surface area contributed by atoms with Crippen molar-refractivity contribution in [3.05, 3.63) is 11.6 Å². The molecular formula is C21H32O4. The van der Waals surface area contributed by atoms with Crippen LogP contribution in [0.25, 0.3) is 0 Å². The standard InChI is InChI=1S/C21H32O4/c1-12(22)21(25)9-6-16-18-15(5-8-20(16,21)3)19(2)7-4-14(23)10-13(19)11-17(18)24/h10,14-18,23-25H,4-9,11H2,1-3H3/t14-,15+,16+,17-,18-,19+,20+,21+/m1/s1. The first-order valence-corrected chi connectivity index (χ1v) is 9.94. The third-order valence-corrected chi connectivity index (χ3v) is 8.84. The summed E-state index contributed by atoms with van der Waals surface area (Å²) in [7, 11) is 0. The first-order chi connectivity index (χ1) is 11.6. The van der Waals surface area contributed by atoms with Crippen molar-refractivity contribution >= 4 is 5.78 Å². The van der Waals surface area contributed by atoms with E-state index in [0.717, 1.165) is 32.1 Å². The van der Waals surface area contributed by atoms with E-state index < -0.39 is 17.1 Å². The molecule has 0 unspecified atom stereocenters. The Morgan fingerprint density at radius 2 is 1.76 bits per heavy atom. The van der Waals surface area contributed by atoms with Crippen molar-refractivity contribution in [2.45, 2.75) is 83.5 Å². The molecule has 0 radical (unpaired) electrons. The van der Waals surface area contributed by atoms with Crippen molar-refractivity contribution < 1.29 is 20.1 Å². The fraction of sp³-hybridized carbons (Fsp3) is 0.857. The Balaban J connectivity index is 1.73. The molecule has 4 rings (SSSR count). The highest BCUT2D eigenvalue weighted by atomic mass is 16.3. The van der Waals surface area contributed by atoms with Crippen LogP contribution in [-0.4, -0.2) is 38.9 Å². The van der Waals surface area contributed by atoms with Crippen molar-refractivity contribution in [2.75, 3.05) is 0 Å². The second-order valence-electron chi connectivity index (χ2n) is 9.69. The van der Waals surface area contributed by atoms with Gasteiger partial charge >= 0.3 is 0 Å². The smallest absolute Gasteiger partial charge is 0.161 e. The summed E-state index contributed by atoms with van der Waals surface area (Å²) < 4.78 is 0. The van der Waals surface area contributed by atoms with Crippen LogP contribution < -0.4 is 0 Å². The van der Waals surface area contributed by atoms with Gasteiger partial charge in [-0.3, -0.25) is 4.79 Å². The summed E-state index contributed by atoms with van der Waals surface area (Å²) in [5.41, 5.74) is -0.389. The minimum atomic E-state index is -1.23. The zero-order valence-electron chi connectivity index (χ0n) is 15.7. The molecule has 8 atom stereocenters. The quantitative estimate of drug-likeness (QED) is 0.637. The number of rotatable bonds is 1. The largest absolute Gasteiger partial charge is 0.392 e. The molecule has 0 aromatic carbocycles. The van der Waals surface area contributed by atoms with E-state index >= 15 is 0 Å². The lowest BCUT2D eigenvalue weighted by Gasteiger charge is -2.60. The number of carbonyl (C=O) groups excluding carboxylic acids is 1. The molecule has 0 heterocycles. The van der Waals surface area contributed by atoms with Crippen molar-refractivity contribution in [1.82, 2.24) is 0 Å². The summed E-state index contributed by atoms with van der Waals surface area (Å²) in [4.78, 5) is 12.2. The lowest BCUT2D eigenvalue weighted by Crippen LogP contribution is -2.59. The van der Waals surface area contributed by atoms with Gasteiger partial charge in [0.1, 0.15) is 5.60 Å². The molecule has 0 aromatic rings. The Kier molecular flexibility index (Phi) is 3.82. The van der Waals surface area contributed by atoms with E-state index in [9.17, 15) is 20.1 Å². The molecule has 4 aliphatic carbocycles. The number of hydrogen-bond donors (Lipinski definition) is 3. The predicted octanol–water partition coefficient (Wildman–Crippen LogP) is 2.60. The zero-order valence-corrected chi connectivity index (χ0v) is 15.7. The maximum Gasteiger partial charge on any atom is 0.161 e. The average molecular weight is 348 g/mol. The number of fused-ring (bicyclic) bond motifs is 5. The van der Waals surface area contributed by atoms with E-state index in [1.807, 2.05) is 6.08 Å². The highest BCUT2D eigenvalue weighted by molar-refractivity contribution is 5.86. The molecule has 3 N–H and O–H groups in total. The molecule has 0 aromatic heterocycles. The Morgan fingerprint density at radius 3 is 2.44 bits per heavy atom. The fourth-order valence-corrected chi connectivity index (χ4v) is 7.27. The lowest BCUT2D eigenvalue weighted by molar-refractivity contribution is -0.168. The normalized spacial score (nSPS) is 55.0. The number of carbonyl (C=O) groups is 1. The van der Waals surface area contributed by atoms with Gasteiger partial charge in [-0.15, -0.1) is 0 Å². The van der Waals surface area contributed by atoms with Gasteiger partial charge in [0.05, 0.1) is 12.2 Å². The molecule has 3 saturated carbocycles. The number of ketones is 1. The molecule has 0 amide bonds. The Hall–Kier alpha value is -0.710. The number of hydrogen-bond acceptors (Lipinski definition) is 4. The molecule has 0 spiro atoms. The minimum absolute atomic E-state index is 0.0430. The molecule has 0 saturated heterocycles. The van der Waals surface area contributed by atoms with Gasteiger partial charge in [-0.25, -0.2) is 0 Å². The van der Waals surface area contributed by atoms with Crippen molar-refractivity contribution in [3.8, 4) is 0 Å². The summed E-state index contributed by atoms with van der Waals surface area (Å²) in [6, 6.07) is 0. The van der Waals surface area contributed by atoms with Crippen LogP contribution in [0.2, 0.25) is 0 Å². The maximum atomic E-state index is 12.2. The van der Waals surface area contributed by atoms with Gasteiger partial charge in [-0.05, 0) is 75.0 Å². The van der Waals surface area contributed by atoms with Gasteiger partial charge in [-0.2, -0.15) is 0 Å². The van der Waals surface area contributed by atoms with E-state index in [-0.39, 0.29) is 29.1 Å². The van der Waals surface area contributed by atoms with Crippen LogP contribution in [0.15, 0.2) is 11.6 Å². The van der Waals surface area contributed by atoms with Crippen LogP contribution in [0.1, 0.15) is 65.7 Å². The number of aliphatic hydroxyl groups excluding tert-OH is 2. The minimum Gasteiger partial charge on any atom is -0.392 e. The second kappa shape index (κ2) is 5.40. The maximum absolute atomic E-state index is 12.2. The highest BCUT2D eigenvalue weighted by Crippen LogP contribution is 2.67.